The molecule has 0 spiro atoms. The molecule has 1 aromatic carbocycles. The highest BCUT2D eigenvalue weighted by Gasteiger charge is 2.32. The molecular weight excluding hydrogens is 553 g/mol. The van der Waals surface area contributed by atoms with Crippen LogP contribution in [0.3, 0.4) is 0 Å². The first-order valence-corrected chi connectivity index (χ1v) is 15.6. The van der Waals surface area contributed by atoms with Crippen molar-refractivity contribution in [3.05, 3.63) is 64.5 Å². The number of ether oxygens (including phenoxy) is 1. The van der Waals surface area contributed by atoms with E-state index < -0.39 is 11.7 Å². The van der Waals surface area contributed by atoms with Crippen molar-refractivity contribution < 1.29 is 22.7 Å². The number of methoxy groups -OCH3 is 1. The largest absolute Gasteiger partial charge is 0.497 e. The lowest BCUT2D eigenvalue weighted by Gasteiger charge is -2.38. The summed E-state index contributed by atoms with van der Waals surface area (Å²) in [6.45, 7) is 16.1. The van der Waals surface area contributed by atoms with Gasteiger partial charge >= 0.3 is 6.18 Å². The molecule has 1 unspecified atom stereocenters. The maximum Gasteiger partial charge on any atom is 0.416 e. The van der Waals surface area contributed by atoms with E-state index in [4.69, 9.17) is 10.5 Å². The van der Waals surface area contributed by atoms with Crippen molar-refractivity contribution in [3.8, 4) is 0 Å². The molecule has 244 valence electrons. The number of likely N-dealkylation sites (N-methyl/N-ethyl adjacent to an activating group) is 1. The molecule has 1 aliphatic carbocycles. The molecule has 0 aromatic heterocycles. The van der Waals surface area contributed by atoms with E-state index in [1.54, 1.807) is 13.2 Å². The average molecular weight is 609 g/mol. The monoisotopic (exact) mass is 608 g/mol. The van der Waals surface area contributed by atoms with Gasteiger partial charge in [0.25, 0.3) is 0 Å². The minimum Gasteiger partial charge on any atom is -0.497 e. The first-order chi connectivity index (χ1) is 20.4. The number of anilines is 1. The number of aryl methyl sites for hydroxylation is 1. The third-order valence-corrected chi connectivity index (χ3v) is 7.37. The van der Waals surface area contributed by atoms with Gasteiger partial charge in [-0.25, -0.2) is 0 Å². The van der Waals surface area contributed by atoms with Crippen LogP contribution in [-0.4, -0.2) is 64.2 Å². The molecule has 1 saturated heterocycles. The molecule has 0 saturated carbocycles. The average Bonchev–Trinajstić information content (AvgIpc) is 3.17. The van der Waals surface area contributed by atoms with Crippen molar-refractivity contribution >= 4 is 11.6 Å². The molecule has 6 nitrogen and oxygen atoms in total. The van der Waals surface area contributed by atoms with Gasteiger partial charge in [0.2, 0.25) is 5.91 Å². The lowest BCUT2D eigenvalue weighted by Crippen LogP contribution is -2.50. The number of rotatable bonds is 10. The predicted octanol–water partition coefficient (Wildman–Crippen LogP) is 6.97. The summed E-state index contributed by atoms with van der Waals surface area (Å²) in [5, 5.41) is 2.89. The summed E-state index contributed by atoms with van der Waals surface area (Å²) in [5.74, 6) is 1.17. The lowest BCUT2D eigenvalue weighted by atomic mass is 9.96. The third-order valence-electron chi connectivity index (χ3n) is 7.37. The van der Waals surface area contributed by atoms with Gasteiger partial charge in [0.05, 0.1) is 12.7 Å². The van der Waals surface area contributed by atoms with Gasteiger partial charge < -0.3 is 25.6 Å². The zero-order chi connectivity index (χ0) is 32.6. The Morgan fingerprint density at radius 1 is 1.12 bits per heavy atom. The Morgan fingerprint density at radius 2 is 1.77 bits per heavy atom. The molecule has 1 aliphatic heterocycles. The second-order valence-corrected chi connectivity index (χ2v) is 11.3. The number of halogens is 3. The van der Waals surface area contributed by atoms with E-state index in [1.165, 1.54) is 12.1 Å². The van der Waals surface area contributed by atoms with Gasteiger partial charge in [-0.05, 0) is 86.6 Å². The van der Waals surface area contributed by atoms with Crippen LogP contribution in [0.15, 0.2) is 53.3 Å². The topological polar surface area (TPSA) is 70.8 Å². The number of benzene rings is 1. The van der Waals surface area contributed by atoms with Gasteiger partial charge in [-0.3, -0.25) is 4.79 Å². The van der Waals surface area contributed by atoms with E-state index >= 15 is 0 Å². The van der Waals surface area contributed by atoms with Gasteiger partial charge in [0.1, 0.15) is 5.76 Å². The molecule has 1 aromatic rings. The van der Waals surface area contributed by atoms with Crippen molar-refractivity contribution in [3.63, 3.8) is 0 Å². The first kappa shape index (κ1) is 38.2. The molecule has 2 aliphatic rings. The number of carbonyl (C=O) groups is 1. The fourth-order valence-corrected chi connectivity index (χ4v) is 5.03. The van der Waals surface area contributed by atoms with Crippen LogP contribution in [0, 0.1) is 11.8 Å². The Balaban J connectivity index is 0.00000120. The number of hydrogen-bond acceptors (Lipinski definition) is 5. The summed E-state index contributed by atoms with van der Waals surface area (Å²) in [7, 11) is 3.54. The van der Waals surface area contributed by atoms with Crippen LogP contribution in [0.2, 0.25) is 0 Å². The van der Waals surface area contributed by atoms with Crippen molar-refractivity contribution in [1.29, 1.82) is 0 Å². The van der Waals surface area contributed by atoms with Crippen LogP contribution in [-0.2, 0) is 22.1 Å². The number of carbonyl (C=O) groups excluding carboxylic acids is 1. The smallest absolute Gasteiger partial charge is 0.416 e. The Hall–Kier alpha value is -2.78. The zero-order valence-electron chi connectivity index (χ0n) is 27.6. The minimum absolute atomic E-state index is 0.110. The highest BCUT2D eigenvalue weighted by molar-refractivity contribution is 5.79. The maximum atomic E-state index is 13.3. The van der Waals surface area contributed by atoms with Crippen LogP contribution >= 0.6 is 0 Å². The Bertz CT molecular complexity index is 1070. The maximum absolute atomic E-state index is 13.3. The second kappa shape index (κ2) is 19.5. The molecule has 9 heteroatoms. The number of nitrogens with one attached hydrogen (secondary N) is 1. The van der Waals surface area contributed by atoms with E-state index in [2.05, 4.69) is 36.2 Å². The van der Waals surface area contributed by atoms with Crippen LogP contribution in [0.25, 0.3) is 0 Å². The van der Waals surface area contributed by atoms with E-state index in [0.717, 1.165) is 54.1 Å². The fourth-order valence-electron chi connectivity index (χ4n) is 5.03. The van der Waals surface area contributed by atoms with Gasteiger partial charge in [-0.15, -0.1) is 0 Å². The number of nitrogens with two attached hydrogens (primary N) is 1. The molecular formula is C34H55F3N4O2. The van der Waals surface area contributed by atoms with Gasteiger partial charge in [-0.2, -0.15) is 13.2 Å². The normalized spacial score (nSPS) is 16.1. The van der Waals surface area contributed by atoms with E-state index in [0.29, 0.717) is 44.9 Å². The van der Waals surface area contributed by atoms with Crippen molar-refractivity contribution in [2.24, 2.45) is 17.6 Å². The summed E-state index contributed by atoms with van der Waals surface area (Å²) >= 11 is 0. The number of amides is 1. The van der Waals surface area contributed by atoms with Crippen LogP contribution in [0.1, 0.15) is 71.9 Å². The molecule has 1 heterocycles. The predicted molar refractivity (Wildman–Crippen MR) is 173 cm³/mol. The summed E-state index contributed by atoms with van der Waals surface area (Å²) in [6.07, 6.45) is 4.64. The van der Waals surface area contributed by atoms with E-state index in [1.807, 2.05) is 45.7 Å². The molecule has 3 N–H and O–H groups in total. The van der Waals surface area contributed by atoms with Crippen LogP contribution < -0.4 is 16.0 Å². The van der Waals surface area contributed by atoms with E-state index in [9.17, 15) is 18.0 Å². The van der Waals surface area contributed by atoms with Gasteiger partial charge in [-0.1, -0.05) is 46.8 Å². The standard InChI is InChI=1S/C29H39F3N2O2.C3H10N2.C2H6/c1-20(2)9-10-23-19-25(29(30,31)32)11-12-26(23)33-13-15-34(16-14-33)28(35)22(4)18-24-8-6-7-21(3)17-27(24)36-5;1-5-3-2-4;1-2/h6-7,11-12,17,19-20,22H,8-10,13-16,18H2,1-5H3;5H,2-4H2,1H3;1-2H3. The summed E-state index contributed by atoms with van der Waals surface area (Å²) in [6, 6.07) is 4.08. The van der Waals surface area contributed by atoms with Crippen LogP contribution in [0.4, 0.5) is 18.9 Å². The second-order valence-electron chi connectivity index (χ2n) is 11.3. The highest BCUT2D eigenvalue weighted by Crippen LogP contribution is 2.34. The molecule has 43 heavy (non-hydrogen) atoms. The number of piperazine rings is 1. The Morgan fingerprint density at radius 3 is 2.28 bits per heavy atom. The first-order valence-electron chi connectivity index (χ1n) is 15.6. The van der Waals surface area contributed by atoms with Crippen molar-refractivity contribution in [1.82, 2.24) is 10.2 Å². The van der Waals surface area contributed by atoms with E-state index in [-0.39, 0.29) is 11.8 Å². The number of alkyl halides is 3. The molecule has 1 fully saturated rings. The minimum atomic E-state index is -4.36. The highest BCUT2D eigenvalue weighted by atomic mass is 19.4. The summed E-state index contributed by atoms with van der Waals surface area (Å²) in [5.41, 5.74) is 8.29. The molecule has 0 radical (unpaired) electrons. The molecule has 1 atom stereocenters. The Kier molecular flexibility index (Phi) is 17.3. The zero-order valence-corrected chi connectivity index (χ0v) is 27.6. The molecule has 1 amide bonds. The molecule has 3 rings (SSSR count). The van der Waals surface area contributed by atoms with Crippen molar-refractivity contribution in [2.75, 3.05) is 58.3 Å². The van der Waals surface area contributed by atoms with Crippen molar-refractivity contribution in [2.45, 2.75) is 73.4 Å². The lowest BCUT2D eigenvalue weighted by molar-refractivity contribution is -0.137. The SMILES string of the molecule is CC.CNCCN.COC1=C(CC(C)C(=O)N2CCN(c3ccc(C(F)(F)F)cc3CCC(C)C)CC2)CC=CC(C)=C1. The van der Waals surface area contributed by atoms with Crippen LogP contribution in [0.5, 0.6) is 0 Å². The summed E-state index contributed by atoms with van der Waals surface area (Å²) < 4.78 is 45.6. The number of allylic oxidation sites excluding steroid dienone is 5. The van der Waals surface area contributed by atoms with Gasteiger partial charge in [0, 0.05) is 50.9 Å². The molecule has 0 bridgehead atoms. The van der Waals surface area contributed by atoms with Gasteiger partial charge in [0.15, 0.2) is 0 Å². The Labute approximate surface area is 258 Å². The number of nitrogens with zero attached hydrogens (tertiary/aromatic N) is 2. The number of hydrogen-bond donors (Lipinski definition) is 2. The summed E-state index contributed by atoms with van der Waals surface area (Å²) in [4.78, 5) is 17.3. The fraction of sp³-hybridized carbons (Fsp3) is 0.618. The quantitative estimate of drug-likeness (QED) is 0.300. The third kappa shape index (κ3) is 12.8.